The van der Waals surface area contributed by atoms with Crippen molar-refractivity contribution in [2.24, 2.45) is 5.92 Å². The summed E-state index contributed by atoms with van der Waals surface area (Å²) in [5.74, 6) is 3.04. The Hall–Kier alpha value is -1.59. The van der Waals surface area contributed by atoms with Gasteiger partial charge in [-0.2, -0.15) is 15.0 Å². The lowest BCUT2D eigenvalue weighted by Gasteiger charge is -2.17. The molecule has 1 aliphatic heterocycles. The van der Waals surface area contributed by atoms with Crippen molar-refractivity contribution in [3.05, 3.63) is 0 Å². The predicted octanol–water partition coefficient (Wildman–Crippen LogP) is 2.12. The highest BCUT2D eigenvalue weighted by molar-refractivity contribution is 5.44. The van der Waals surface area contributed by atoms with Crippen LogP contribution in [-0.4, -0.2) is 41.1 Å². The Morgan fingerprint density at radius 1 is 1.05 bits per heavy atom. The number of anilines is 3. The first kappa shape index (κ1) is 13.4. The summed E-state index contributed by atoms with van der Waals surface area (Å²) >= 11 is 0. The van der Waals surface area contributed by atoms with Crippen LogP contribution in [0.3, 0.4) is 0 Å². The molecule has 1 saturated carbocycles. The highest BCUT2D eigenvalue weighted by Crippen LogP contribution is 2.28. The molecule has 1 saturated heterocycles. The smallest absolute Gasteiger partial charge is 0.231 e. The van der Waals surface area contributed by atoms with Gasteiger partial charge < -0.3 is 15.5 Å². The van der Waals surface area contributed by atoms with Crippen LogP contribution in [-0.2, 0) is 0 Å². The molecule has 6 heteroatoms. The minimum Gasteiger partial charge on any atom is -0.354 e. The van der Waals surface area contributed by atoms with E-state index in [-0.39, 0.29) is 0 Å². The van der Waals surface area contributed by atoms with Gasteiger partial charge in [0.25, 0.3) is 0 Å². The molecule has 2 N–H and O–H groups in total. The lowest BCUT2D eigenvalue weighted by molar-refractivity contribution is 0.843. The Morgan fingerprint density at radius 2 is 1.75 bits per heavy atom. The van der Waals surface area contributed by atoms with E-state index in [0.717, 1.165) is 44.5 Å². The van der Waals surface area contributed by atoms with Crippen molar-refractivity contribution in [3.63, 3.8) is 0 Å². The fourth-order valence-electron chi connectivity index (χ4n) is 2.38. The molecule has 2 aliphatic rings. The number of nitrogens with one attached hydrogen (secondary N) is 2. The lowest BCUT2D eigenvalue weighted by atomic mass is 10.4. The molecule has 0 amide bonds. The van der Waals surface area contributed by atoms with Crippen LogP contribution in [0.5, 0.6) is 0 Å². The topological polar surface area (TPSA) is 66.0 Å². The van der Waals surface area contributed by atoms with Gasteiger partial charge in [-0.3, -0.25) is 0 Å². The van der Waals surface area contributed by atoms with Gasteiger partial charge >= 0.3 is 0 Å². The van der Waals surface area contributed by atoms with E-state index >= 15 is 0 Å². The second-order valence-electron chi connectivity index (χ2n) is 5.73. The molecule has 0 aromatic carbocycles. The molecule has 0 unspecified atom stereocenters. The lowest BCUT2D eigenvalue weighted by Crippen LogP contribution is -2.22. The van der Waals surface area contributed by atoms with Gasteiger partial charge in [-0.25, -0.2) is 0 Å². The zero-order chi connectivity index (χ0) is 13.8. The third kappa shape index (κ3) is 3.49. The number of nitrogens with zero attached hydrogens (tertiary/aromatic N) is 4. The Morgan fingerprint density at radius 3 is 2.40 bits per heavy atom. The Labute approximate surface area is 120 Å². The van der Waals surface area contributed by atoms with E-state index in [2.05, 4.69) is 37.4 Å². The summed E-state index contributed by atoms with van der Waals surface area (Å²) in [6, 6.07) is 0. The standard InChI is InChI=1S/C14H24N6/c1-2-7-15-12-17-13(16-10-11-5-6-11)19-14(18-12)20-8-3-4-9-20/h11H,2-10H2,1H3,(H2,15,16,17,18,19). The minimum absolute atomic E-state index is 0.696. The number of rotatable bonds is 7. The molecule has 2 heterocycles. The van der Waals surface area contributed by atoms with Crippen molar-refractivity contribution in [2.45, 2.75) is 39.0 Å². The van der Waals surface area contributed by atoms with Crippen LogP contribution in [0, 0.1) is 5.92 Å². The van der Waals surface area contributed by atoms with Gasteiger partial charge in [0.15, 0.2) is 0 Å². The average molecular weight is 276 g/mol. The second-order valence-corrected chi connectivity index (χ2v) is 5.73. The van der Waals surface area contributed by atoms with Gasteiger partial charge in [-0.15, -0.1) is 0 Å². The van der Waals surface area contributed by atoms with E-state index in [1.165, 1.54) is 25.7 Å². The van der Waals surface area contributed by atoms with Crippen LogP contribution in [0.2, 0.25) is 0 Å². The summed E-state index contributed by atoms with van der Waals surface area (Å²) in [4.78, 5) is 15.8. The van der Waals surface area contributed by atoms with E-state index in [1.807, 2.05) is 0 Å². The average Bonchev–Trinajstić information content (AvgIpc) is 3.14. The Kier molecular flexibility index (Phi) is 4.18. The maximum absolute atomic E-state index is 4.58. The van der Waals surface area contributed by atoms with Gasteiger partial charge in [-0.1, -0.05) is 6.92 Å². The SMILES string of the molecule is CCCNc1nc(NCC2CC2)nc(N2CCCC2)n1. The molecule has 110 valence electrons. The zero-order valence-corrected chi connectivity index (χ0v) is 12.2. The molecular formula is C14H24N6. The Bertz CT molecular complexity index is 439. The minimum atomic E-state index is 0.696. The van der Waals surface area contributed by atoms with E-state index in [1.54, 1.807) is 0 Å². The fourth-order valence-corrected chi connectivity index (χ4v) is 2.38. The maximum atomic E-state index is 4.58. The van der Waals surface area contributed by atoms with Crippen LogP contribution >= 0.6 is 0 Å². The molecule has 0 bridgehead atoms. The van der Waals surface area contributed by atoms with Crippen LogP contribution < -0.4 is 15.5 Å². The fraction of sp³-hybridized carbons (Fsp3) is 0.786. The van der Waals surface area contributed by atoms with Crippen molar-refractivity contribution in [1.29, 1.82) is 0 Å². The molecule has 0 spiro atoms. The zero-order valence-electron chi connectivity index (χ0n) is 12.2. The Balaban J connectivity index is 1.73. The summed E-state index contributed by atoms with van der Waals surface area (Å²) in [6.45, 7) is 6.13. The summed E-state index contributed by atoms with van der Waals surface area (Å²) in [5, 5.41) is 6.63. The molecule has 0 radical (unpaired) electrons. The molecular weight excluding hydrogens is 252 g/mol. The van der Waals surface area contributed by atoms with Crippen LogP contribution in [0.4, 0.5) is 17.8 Å². The molecule has 1 aromatic heterocycles. The van der Waals surface area contributed by atoms with E-state index in [0.29, 0.717) is 11.9 Å². The summed E-state index contributed by atoms with van der Waals surface area (Å²) in [6.07, 6.45) is 6.19. The van der Waals surface area contributed by atoms with Crippen molar-refractivity contribution < 1.29 is 0 Å². The van der Waals surface area contributed by atoms with Gasteiger partial charge in [0, 0.05) is 26.2 Å². The number of hydrogen-bond acceptors (Lipinski definition) is 6. The molecule has 1 aromatic rings. The number of hydrogen-bond donors (Lipinski definition) is 2. The largest absolute Gasteiger partial charge is 0.354 e. The second kappa shape index (κ2) is 6.24. The molecule has 3 rings (SSSR count). The van der Waals surface area contributed by atoms with Crippen molar-refractivity contribution in [2.75, 3.05) is 41.7 Å². The van der Waals surface area contributed by atoms with Crippen molar-refractivity contribution in [3.8, 4) is 0 Å². The highest BCUT2D eigenvalue weighted by atomic mass is 15.3. The van der Waals surface area contributed by atoms with Crippen LogP contribution in [0.1, 0.15) is 39.0 Å². The first-order chi connectivity index (χ1) is 9.85. The van der Waals surface area contributed by atoms with Gasteiger partial charge in [0.2, 0.25) is 17.8 Å². The van der Waals surface area contributed by atoms with E-state index < -0.39 is 0 Å². The van der Waals surface area contributed by atoms with Gasteiger partial charge in [0.05, 0.1) is 0 Å². The van der Waals surface area contributed by atoms with Crippen LogP contribution in [0.15, 0.2) is 0 Å². The predicted molar refractivity (Wildman–Crippen MR) is 81.3 cm³/mol. The molecule has 2 fully saturated rings. The van der Waals surface area contributed by atoms with Gasteiger partial charge in [-0.05, 0) is 38.0 Å². The monoisotopic (exact) mass is 276 g/mol. The van der Waals surface area contributed by atoms with Crippen LogP contribution in [0.25, 0.3) is 0 Å². The van der Waals surface area contributed by atoms with E-state index in [4.69, 9.17) is 0 Å². The summed E-state index contributed by atoms with van der Waals surface area (Å²) < 4.78 is 0. The molecule has 20 heavy (non-hydrogen) atoms. The third-order valence-electron chi connectivity index (χ3n) is 3.79. The first-order valence-electron chi connectivity index (χ1n) is 7.84. The van der Waals surface area contributed by atoms with E-state index in [9.17, 15) is 0 Å². The first-order valence-corrected chi connectivity index (χ1v) is 7.84. The molecule has 6 nitrogen and oxygen atoms in total. The normalized spacial score (nSPS) is 18.4. The molecule has 0 atom stereocenters. The maximum Gasteiger partial charge on any atom is 0.231 e. The third-order valence-corrected chi connectivity index (χ3v) is 3.79. The summed E-state index contributed by atoms with van der Waals surface area (Å²) in [5.41, 5.74) is 0. The quantitative estimate of drug-likeness (QED) is 0.795. The van der Waals surface area contributed by atoms with Crippen molar-refractivity contribution in [1.82, 2.24) is 15.0 Å². The molecule has 1 aliphatic carbocycles. The summed E-state index contributed by atoms with van der Waals surface area (Å²) in [7, 11) is 0. The van der Waals surface area contributed by atoms with Gasteiger partial charge in [0.1, 0.15) is 0 Å². The number of aromatic nitrogens is 3. The van der Waals surface area contributed by atoms with Crippen molar-refractivity contribution >= 4 is 17.8 Å². The highest BCUT2D eigenvalue weighted by Gasteiger charge is 2.22.